The van der Waals surface area contributed by atoms with E-state index in [9.17, 15) is 0 Å². The summed E-state index contributed by atoms with van der Waals surface area (Å²) in [5, 5.41) is 0. The van der Waals surface area contributed by atoms with Gasteiger partial charge in [-0.25, -0.2) is 4.98 Å². The fourth-order valence-electron chi connectivity index (χ4n) is 0.770. The maximum Gasteiger partial charge on any atom is 0.107 e. The number of nitrogens with zero attached hydrogens (tertiary/aromatic N) is 1. The summed E-state index contributed by atoms with van der Waals surface area (Å²) in [6.45, 7) is 1.90. The van der Waals surface area contributed by atoms with Crippen molar-refractivity contribution in [1.82, 2.24) is 4.98 Å². The summed E-state index contributed by atoms with van der Waals surface area (Å²) in [6.07, 6.45) is 0. The van der Waals surface area contributed by atoms with Crippen LogP contribution in [0.25, 0.3) is 0 Å². The van der Waals surface area contributed by atoms with Gasteiger partial charge in [0.15, 0.2) is 0 Å². The minimum atomic E-state index is 0.399. The molecule has 0 aliphatic carbocycles. The maximum atomic E-state index is 5.43. The van der Waals surface area contributed by atoms with Crippen molar-refractivity contribution in [2.45, 2.75) is 6.92 Å². The molecule has 4 heteroatoms. The van der Waals surface area contributed by atoms with Crippen LogP contribution in [0.4, 0.5) is 0 Å². The number of hydrogen-bond donors (Lipinski definition) is 1. The lowest BCUT2D eigenvalue weighted by molar-refractivity contribution is 1.16. The zero-order chi connectivity index (χ0) is 8.43. The van der Waals surface area contributed by atoms with Crippen LogP contribution in [0.5, 0.6) is 0 Å². The summed E-state index contributed by atoms with van der Waals surface area (Å²) in [7, 11) is 0. The van der Waals surface area contributed by atoms with Crippen LogP contribution in [-0.2, 0) is 0 Å². The summed E-state index contributed by atoms with van der Waals surface area (Å²) < 4.78 is 0.764. The van der Waals surface area contributed by atoms with Gasteiger partial charge in [0, 0.05) is 11.3 Å². The Morgan fingerprint density at radius 1 is 1.64 bits per heavy atom. The first-order valence-corrected chi connectivity index (χ1v) is 4.23. The minimum Gasteiger partial charge on any atom is -0.389 e. The fraction of sp³-hybridized carbons (Fsp3) is 0.143. The van der Waals surface area contributed by atoms with Crippen LogP contribution in [0.3, 0.4) is 0 Å². The third-order valence-corrected chi connectivity index (χ3v) is 1.85. The van der Waals surface area contributed by atoms with E-state index in [1.54, 1.807) is 6.07 Å². The molecule has 1 rings (SSSR count). The lowest BCUT2D eigenvalue weighted by Crippen LogP contribution is -2.09. The summed E-state index contributed by atoms with van der Waals surface area (Å²) >= 11 is 8.07. The Morgan fingerprint density at radius 3 is 2.73 bits per heavy atom. The van der Waals surface area contributed by atoms with E-state index >= 15 is 0 Å². The molecule has 0 saturated heterocycles. The minimum absolute atomic E-state index is 0.399. The van der Waals surface area contributed by atoms with Gasteiger partial charge in [-0.05, 0) is 35.0 Å². The van der Waals surface area contributed by atoms with Crippen molar-refractivity contribution in [1.29, 1.82) is 0 Å². The van der Waals surface area contributed by atoms with Crippen molar-refractivity contribution in [3.05, 3.63) is 28.0 Å². The molecule has 0 saturated carbocycles. The second kappa shape index (κ2) is 3.28. The van der Waals surface area contributed by atoms with Crippen molar-refractivity contribution < 1.29 is 0 Å². The highest BCUT2D eigenvalue weighted by molar-refractivity contribution is 9.10. The van der Waals surface area contributed by atoms with Gasteiger partial charge < -0.3 is 5.73 Å². The van der Waals surface area contributed by atoms with Crippen LogP contribution in [0, 0.1) is 6.92 Å². The first kappa shape index (κ1) is 8.62. The quantitative estimate of drug-likeness (QED) is 0.591. The Balaban J connectivity index is 3.19. The highest BCUT2D eigenvalue weighted by Gasteiger charge is 1.98. The Morgan fingerprint density at radius 2 is 2.27 bits per heavy atom. The van der Waals surface area contributed by atoms with Crippen LogP contribution in [0.2, 0.25) is 0 Å². The molecule has 58 valence electrons. The zero-order valence-corrected chi connectivity index (χ0v) is 8.37. The van der Waals surface area contributed by atoms with Crippen LogP contribution in [0.1, 0.15) is 11.3 Å². The van der Waals surface area contributed by atoms with Gasteiger partial charge in [-0.15, -0.1) is 0 Å². The molecule has 0 unspecified atom stereocenters. The SMILES string of the molecule is Cc1cc(C(N)=S)cc(Br)n1. The van der Waals surface area contributed by atoms with Crippen molar-refractivity contribution in [2.75, 3.05) is 0 Å². The first-order chi connectivity index (χ1) is 5.09. The molecule has 11 heavy (non-hydrogen) atoms. The Hall–Kier alpha value is -0.480. The molecular weight excluding hydrogens is 224 g/mol. The smallest absolute Gasteiger partial charge is 0.107 e. The van der Waals surface area contributed by atoms with Gasteiger partial charge in [-0.2, -0.15) is 0 Å². The molecule has 0 aromatic carbocycles. The third kappa shape index (κ3) is 2.24. The van der Waals surface area contributed by atoms with Crippen LogP contribution >= 0.6 is 28.1 Å². The molecule has 0 atom stereocenters. The van der Waals surface area contributed by atoms with Crippen LogP contribution < -0.4 is 5.73 Å². The number of halogens is 1. The third-order valence-electron chi connectivity index (χ3n) is 1.21. The van der Waals surface area contributed by atoms with Gasteiger partial charge in [0.25, 0.3) is 0 Å². The summed E-state index contributed by atoms with van der Waals surface area (Å²) in [6, 6.07) is 3.66. The van der Waals surface area contributed by atoms with Gasteiger partial charge in [0.05, 0.1) is 0 Å². The van der Waals surface area contributed by atoms with E-state index in [1.165, 1.54) is 0 Å². The fourth-order valence-corrected chi connectivity index (χ4v) is 1.41. The Bertz CT molecular complexity index is 278. The van der Waals surface area contributed by atoms with Crippen molar-refractivity contribution in [2.24, 2.45) is 5.73 Å². The summed E-state index contributed by atoms with van der Waals surface area (Å²) in [5.41, 5.74) is 7.19. The molecule has 0 amide bonds. The molecule has 0 aliphatic rings. The molecule has 0 bridgehead atoms. The van der Waals surface area contributed by atoms with Crippen molar-refractivity contribution >= 4 is 33.1 Å². The van der Waals surface area contributed by atoms with Gasteiger partial charge in [-0.3, -0.25) is 0 Å². The van der Waals surface area contributed by atoms with Gasteiger partial charge >= 0.3 is 0 Å². The number of aromatic nitrogens is 1. The first-order valence-electron chi connectivity index (χ1n) is 3.03. The van der Waals surface area contributed by atoms with E-state index in [0.29, 0.717) is 4.99 Å². The van der Waals surface area contributed by atoms with E-state index in [2.05, 4.69) is 20.9 Å². The van der Waals surface area contributed by atoms with Crippen molar-refractivity contribution in [3.63, 3.8) is 0 Å². The second-order valence-electron chi connectivity index (χ2n) is 2.18. The molecule has 0 aliphatic heterocycles. The lowest BCUT2D eigenvalue weighted by Gasteiger charge is -1.99. The molecular formula is C7H7BrN2S. The van der Waals surface area contributed by atoms with Gasteiger partial charge in [0.1, 0.15) is 9.59 Å². The topological polar surface area (TPSA) is 38.9 Å². The summed E-state index contributed by atoms with van der Waals surface area (Å²) in [4.78, 5) is 4.52. The number of hydrogen-bond acceptors (Lipinski definition) is 2. The van der Waals surface area contributed by atoms with E-state index < -0.39 is 0 Å². The monoisotopic (exact) mass is 230 g/mol. The Kier molecular flexibility index (Phi) is 2.57. The van der Waals surface area contributed by atoms with E-state index in [4.69, 9.17) is 18.0 Å². The Labute approximate surface area is 78.9 Å². The average Bonchev–Trinajstić information content (AvgIpc) is 1.85. The zero-order valence-electron chi connectivity index (χ0n) is 5.97. The highest BCUT2D eigenvalue weighted by atomic mass is 79.9. The van der Waals surface area contributed by atoms with E-state index in [0.717, 1.165) is 15.9 Å². The molecule has 2 N–H and O–H groups in total. The van der Waals surface area contributed by atoms with E-state index in [1.807, 2.05) is 13.0 Å². The standard InChI is InChI=1S/C7H7BrN2S/c1-4-2-5(7(9)11)3-6(8)10-4/h2-3H,1H3,(H2,9,11). The number of pyridine rings is 1. The van der Waals surface area contributed by atoms with Gasteiger partial charge in [-0.1, -0.05) is 12.2 Å². The molecule has 0 radical (unpaired) electrons. The second-order valence-corrected chi connectivity index (χ2v) is 3.44. The molecule has 1 heterocycles. The average molecular weight is 231 g/mol. The van der Waals surface area contributed by atoms with E-state index in [-0.39, 0.29) is 0 Å². The van der Waals surface area contributed by atoms with Crippen LogP contribution in [0.15, 0.2) is 16.7 Å². The number of aryl methyl sites for hydroxylation is 1. The molecule has 0 spiro atoms. The lowest BCUT2D eigenvalue weighted by atomic mass is 10.2. The normalized spacial score (nSPS) is 9.64. The number of nitrogens with two attached hydrogens (primary N) is 1. The molecule has 1 aromatic rings. The molecule has 0 fully saturated rings. The van der Waals surface area contributed by atoms with Crippen LogP contribution in [-0.4, -0.2) is 9.97 Å². The molecule has 2 nitrogen and oxygen atoms in total. The summed E-state index contributed by atoms with van der Waals surface area (Å²) in [5.74, 6) is 0. The number of rotatable bonds is 1. The maximum absolute atomic E-state index is 5.43. The predicted octanol–water partition coefficient (Wildman–Crippen LogP) is 1.79. The largest absolute Gasteiger partial charge is 0.389 e. The number of thiocarbonyl (C=S) groups is 1. The molecule has 1 aromatic heterocycles. The predicted molar refractivity (Wildman–Crippen MR) is 52.6 cm³/mol. The van der Waals surface area contributed by atoms with Crippen molar-refractivity contribution in [3.8, 4) is 0 Å². The highest BCUT2D eigenvalue weighted by Crippen LogP contribution is 2.10. The van der Waals surface area contributed by atoms with Gasteiger partial charge in [0.2, 0.25) is 0 Å².